The molecule has 0 radical (unpaired) electrons. The zero-order chi connectivity index (χ0) is 14.0. The van der Waals surface area contributed by atoms with Crippen molar-refractivity contribution in [3.63, 3.8) is 0 Å². The van der Waals surface area contributed by atoms with Gasteiger partial charge in [-0.15, -0.1) is 0 Å². The van der Waals surface area contributed by atoms with E-state index in [0.717, 1.165) is 6.07 Å². The molecule has 0 bridgehead atoms. The van der Waals surface area contributed by atoms with E-state index in [9.17, 15) is 14.0 Å². The number of carboxylic acids is 1. The molecule has 1 aromatic carbocycles. The van der Waals surface area contributed by atoms with Gasteiger partial charge < -0.3 is 10.0 Å². The second kappa shape index (κ2) is 5.06. The Hall–Kier alpha value is -2.42. The summed E-state index contributed by atoms with van der Waals surface area (Å²) >= 11 is 0. The molecule has 1 N–H and O–H groups in total. The number of nitriles is 1. The zero-order valence-corrected chi connectivity index (χ0v) is 9.97. The summed E-state index contributed by atoms with van der Waals surface area (Å²) in [5.74, 6) is -2.53. The van der Waals surface area contributed by atoms with Gasteiger partial charge in [0.25, 0.3) is 0 Å². The Morgan fingerprint density at radius 3 is 2.84 bits per heavy atom. The highest BCUT2D eigenvalue weighted by atomic mass is 19.1. The van der Waals surface area contributed by atoms with Gasteiger partial charge in [0.2, 0.25) is 5.91 Å². The molecule has 1 aliphatic rings. The summed E-state index contributed by atoms with van der Waals surface area (Å²) in [4.78, 5) is 23.8. The molecule has 1 amide bonds. The van der Waals surface area contributed by atoms with E-state index in [-0.39, 0.29) is 31.0 Å². The van der Waals surface area contributed by atoms with Crippen molar-refractivity contribution in [2.75, 3.05) is 6.54 Å². The summed E-state index contributed by atoms with van der Waals surface area (Å²) in [5.41, 5.74) is 0.660. The summed E-state index contributed by atoms with van der Waals surface area (Å²) in [6, 6.07) is 5.67. The molecular weight excluding hydrogens is 251 g/mol. The van der Waals surface area contributed by atoms with Crippen molar-refractivity contribution >= 4 is 11.9 Å². The third kappa shape index (κ3) is 2.88. The van der Waals surface area contributed by atoms with Gasteiger partial charge in [-0.1, -0.05) is 0 Å². The minimum Gasteiger partial charge on any atom is -0.481 e. The summed E-state index contributed by atoms with van der Waals surface area (Å²) in [5, 5.41) is 17.6. The average Bonchev–Trinajstić information content (AvgIpc) is 2.70. The Balaban J connectivity index is 2.14. The van der Waals surface area contributed by atoms with E-state index in [1.807, 2.05) is 6.07 Å². The smallest absolute Gasteiger partial charge is 0.308 e. The normalized spacial score (nSPS) is 18.4. The standard InChI is InChI=1S/C13H11FN2O3/c14-11-2-8(5-15)1-9(3-11)6-16-7-10(13(18)19)4-12(16)17/h1-3,10H,4,6-7H2,(H,18,19). The molecule has 98 valence electrons. The number of aliphatic carboxylic acids is 1. The number of amides is 1. The van der Waals surface area contributed by atoms with Crippen LogP contribution >= 0.6 is 0 Å². The maximum absolute atomic E-state index is 13.2. The van der Waals surface area contributed by atoms with Gasteiger partial charge in [0, 0.05) is 19.5 Å². The third-order valence-corrected chi connectivity index (χ3v) is 3.02. The van der Waals surface area contributed by atoms with Crippen LogP contribution in [0.3, 0.4) is 0 Å². The number of hydrogen-bond acceptors (Lipinski definition) is 3. The van der Waals surface area contributed by atoms with Crippen LogP contribution in [0.2, 0.25) is 0 Å². The topological polar surface area (TPSA) is 81.4 Å². The highest BCUT2D eigenvalue weighted by Crippen LogP contribution is 2.21. The van der Waals surface area contributed by atoms with Gasteiger partial charge in [0.05, 0.1) is 17.6 Å². The number of hydrogen-bond donors (Lipinski definition) is 1. The van der Waals surface area contributed by atoms with Gasteiger partial charge in [-0.25, -0.2) is 4.39 Å². The average molecular weight is 262 g/mol. The maximum atomic E-state index is 13.2. The molecule has 0 saturated carbocycles. The molecule has 6 heteroatoms. The molecule has 1 heterocycles. The second-order valence-electron chi connectivity index (χ2n) is 4.47. The number of likely N-dealkylation sites (tertiary alicyclic amines) is 1. The number of benzene rings is 1. The molecule has 1 fully saturated rings. The number of carbonyl (C=O) groups is 2. The number of carboxylic acid groups (broad SMARTS) is 1. The lowest BCUT2D eigenvalue weighted by molar-refractivity contribution is -0.141. The van der Waals surface area contributed by atoms with Crippen molar-refractivity contribution in [3.8, 4) is 6.07 Å². The summed E-state index contributed by atoms with van der Waals surface area (Å²) in [6.45, 7) is 0.238. The molecule has 1 unspecified atom stereocenters. The van der Waals surface area contributed by atoms with Gasteiger partial charge in [-0.3, -0.25) is 9.59 Å². The van der Waals surface area contributed by atoms with Crippen LogP contribution in [0.5, 0.6) is 0 Å². The van der Waals surface area contributed by atoms with Crippen LogP contribution in [0.25, 0.3) is 0 Å². The van der Waals surface area contributed by atoms with Crippen LogP contribution in [0.15, 0.2) is 18.2 Å². The van der Waals surface area contributed by atoms with Crippen LogP contribution in [0.4, 0.5) is 4.39 Å². The quantitative estimate of drug-likeness (QED) is 0.885. The fourth-order valence-corrected chi connectivity index (χ4v) is 2.12. The van der Waals surface area contributed by atoms with E-state index in [0.29, 0.717) is 5.56 Å². The van der Waals surface area contributed by atoms with Crippen LogP contribution in [-0.4, -0.2) is 28.4 Å². The summed E-state index contributed by atoms with van der Waals surface area (Å²) in [7, 11) is 0. The molecule has 19 heavy (non-hydrogen) atoms. The van der Waals surface area contributed by atoms with E-state index in [1.165, 1.54) is 17.0 Å². The molecule has 2 rings (SSSR count). The molecule has 1 aliphatic heterocycles. The van der Waals surface area contributed by atoms with Crippen LogP contribution < -0.4 is 0 Å². The molecule has 5 nitrogen and oxygen atoms in total. The lowest BCUT2D eigenvalue weighted by Crippen LogP contribution is -2.25. The molecule has 1 saturated heterocycles. The van der Waals surface area contributed by atoms with E-state index in [4.69, 9.17) is 10.4 Å². The lowest BCUT2D eigenvalue weighted by atomic mass is 10.1. The minimum atomic E-state index is -1.01. The molecule has 1 atom stereocenters. The Morgan fingerprint density at radius 1 is 1.53 bits per heavy atom. The first kappa shape index (κ1) is 13.0. The van der Waals surface area contributed by atoms with Crippen molar-refractivity contribution in [2.24, 2.45) is 5.92 Å². The highest BCUT2D eigenvalue weighted by molar-refractivity contribution is 5.86. The van der Waals surface area contributed by atoms with E-state index in [2.05, 4.69) is 0 Å². The lowest BCUT2D eigenvalue weighted by Gasteiger charge is -2.16. The van der Waals surface area contributed by atoms with Gasteiger partial charge in [0.1, 0.15) is 5.82 Å². The van der Waals surface area contributed by atoms with Crippen LogP contribution in [0.1, 0.15) is 17.5 Å². The first-order valence-electron chi connectivity index (χ1n) is 5.69. The number of rotatable bonds is 3. The first-order valence-corrected chi connectivity index (χ1v) is 5.69. The Morgan fingerprint density at radius 2 is 2.26 bits per heavy atom. The van der Waals surface area contributed by atoms with Crippen molar-refractivity contribution in [3.05, 3.63) is 35.1 Å². The molecule has 0 spiro atoms. The number of nitrogens with zero attached hydrogens (tertiary/aromatic N) is 2. The SMILES string of the molecule is N#Cc1cc(F)cc(CN2CC(C(=O)O)CC2=O)c1. The van der Waals surface area contributed by atoms with Gasteiger partial charge in [-0.05, 0) is 23.8 Å². The number of halogens is 1. The fraction of sp³-hybridized carbons (Fsp3) is 0.308. The Bertz CT molecular complexity index is 580. The van der Waals surface area contributed by atoms with E-state index in [1.54, 1.807) is 0 Å². The first-order chi connectivity index (χ1) is 8.99. The van der Waals surface area contributed by atoms with Gasteiger partial charge in [-0.2, -0.15) is 5.26 Å². The largest absolute Gasteiger partial charge is 0.481 e. The fourth-order valence-electron chi connectivity index (χ4n) is 2.12. The highest BCUT2D eigenvalue weighted by Gasteiger charge is 2.34. The van der Waals surface area contributed by atoms with Crippen molar-refractivity contribution < 1.29 is 19.1 Å². The molecule has 1 aromatic rings. The molecule has 0 aliphatic carbocycles. The van der Waals surface area contributed by atoms with E-state index < -0.39 is 17.7 Å². The summed E-state index contributed by atoms with van der Waals surface area (Å²) in [6.07, 6.45) is -0.0320. The van der Waals surface area contributed by atoms with Gasteiger partial charge in [0.15, 0.2) is 0 Å². The Labute approximate surface area is 108 Å². The second-order valence-corrected chi connectivity index (χ2v) is 4.47. The summed E-state index contributed by atoms with van der Waals surface area (Å²) < 4.78 is 13.2. The predicted octanol–water partition coefficient (Wildman–Crippen LogP) is 1.13. The maximum Gasteiger partial charge on any atom is 0.308 e. The Kier molecular flexibility index (Phi) is 3.47. The minimum absolute atomic E-state index is 0.0320. The van der Waals surface area contributed by atoms with Crippen molar-refractivity contribution in [1.29, 1.82) is 5.26 Å². The van der Waals surface area contributed by atoms with Crippen molar-refractivity contribution in [1.82, 2.24) is 4.90 Å². The zero-order valence-electron chi connectivity index (χ0n) is 9.97. The third-order valence-electron chi connectivity index (χ3n) is 3.02. The van der Waals surface area contributed by atoms with Crippen LogP contribution in [-0.2, 0) is 16.1 Å². The number of carbonyl (C=O) groups excluding carboxylic acids is 1. The van der Waals surface area contributed by atoms with Crippen LogP contribution in [0, 0.1) is 23.1 Å². The van der Waals surface area contributed by atoms with Gasteiger partial charge >= 0.3 is 5.97 Å². The molecular formula is C13H11FN2O3. The predicted molar refractivity (Wildman–Crippen MR) is 62.3 cm³/mol. The molecule has 0 aromatic heterocycles. The van der Waals surface area contributed by atoms with E-state index >= 15 is 0 Å². The van der Waals surface area contributed by atoms with Crippen molar-refractivity contribution in [2.45, 2.75) is 13.0 Å². The monoisotopic (exact) mass is 262 g/mol.